The molecule has 1 aliphatic rings. The third kappa shape index (κ3) is 4.31. The van der Waals surface area contributed by atoms with Crippen molar-refractivity contribution in [3.8, 4) is 0 Å². The summed E-state index contributed by atoms with van der Waals surface area (Å²) in [5, 5.41) is 3.52. The predicted octanol–water partition coefficient (Wildman–Crippen LogP) is 4.18. The Bertz CT molecular complexity index is 970. The maximum atomic E-state index is 4.70. The van der Waals surface area contributed by atoms with Gasteiger partial charge in [-0.2, -0.15) is 0 Å². The van der Waals surface area contributed by atoms with Gasteiger partial charge in [-0.3, -0.25) is 0 Å². The van der Waals surface area contributed by atoms with E-state index in [1.165, 1.54) is 16.7 Å². The van der Waals surface area contributed by atoms with Crippen LogP contribution in [-0.4, -0.2) is 41.1 Å². The number of piperazine rings is 1. The first-order valence-corrected chi connectivity index (χ1v) is 10.1. The fourth-order valence-electron chi connectivity index (χ4n) is 3.99. The van der Waals surface area contributed by atoms with Gasteiger partial charge in [-0.15, -0.1) is 0 Å². The van der Waals surface area contributed by atoms with Gasteiger partial charge in [-0.05, 0) is 51.0 Å². The van der Waals surface area contributed by atoms with Crippen molar-refractivity contribution in [2.24, 2.45) is 0 Å². The number of hydrogen-bond donors (Lipinski definition) is 1. The number of nitrogens with one attached hydrogen (secondary N) is 1. The van der Waals surface area contributed by atoms with Crippen LogP contribution in [0.4, 0.5) is 23.1 Å². The minimum atomic E-state index is 0.777. The highest BCUT2D eigenvalue weighted by Crippen LogP contribution is 2.27. The van der Waals surface area contributed by atoms with Crippen LogP contribution >= 0.6 is 0 Å². The van der Waals surface area contributed by atoms with Crippen LogP contribution in [0.3, 0.4) is 0 Å². The number of hydrogen-bond acceptors (Lipinski definition) is 6. The van der Waals surface area contributed by atoms with Crippen molar-refractivity contribution in [2.45, 2.75) is 27.7 Å². The summed E-state index contributed by atoms with van der Waals surface area (Å²) in [6, 6.07) is 12.5. The lowest BCUT2D eigenvalue weighted by Gasteiger charge is -2.36. The third-order valence-corrected chi connectivity index (χ3v) is 5.33. The number of aryl methyl sites for hydroxylation is 4. The molecule has 150 valence electrons. The molecule has 0 saturated carbocycles. The number of pyridine rings is 1. The van der Waals surface area contributed by atoms with Gasteiger partial charge in [0.1, 0.15) is 23.3 Å². The van der Waals surface area contributed by atoms with Gasteiger partial charge in [-0.1, -0.05) is 23.8 Å². The maximum Gasteiger partial charge on any atom is 0.136 e. The summed E-state index contributed by atoms with van der Waals surface area (Å²) < 4.78 is 0. The number of rotatable bonds is 4. The average molecular weight is 389 g/mol. The Kier molecular flexibility index (Phi) is 5.34. The predicted molar refractivity (Wildman–Crippen MR) is 119 cm³/mol. The second kappa shape index (κ2) is 8.07. The van der Waals surface area contributed by atoms with Crippen molar-refractivity contribution in [1.29, 1.82) is 0 Å². The molecule has 6 nitrogen and oxygen atoms in total. The molecule has 6 heteroatoms. The van der Waals surface area contributed by atoms with Crippen molar-refractivity contribution >= 4 is 23.1 Å². The molecule has 1 N–H and O–H groups in total. The molecule has 0 spiro atoms. The summed E-state index contributed by atoms with van der Waals surface area (Å²) in [4.78, 5) is 18.4. The van der Waals surface area contributed by atoms with Gasteiger partial charge < -0.3 is 15.1 Å². The van der Waals surface area contributed by atoms with Crippen LogP contribution in [-0.2, 0) is 0 Å². The van der Waals surface area contributed by atoms with Crippen molar-refractivity contribution in [2.75, 3.05) is 41.3 Å². The van der Waals surface area contributed by atoms with E-state index in [9.17, 15) is 0 Å². The Balaban J connectivity index is 1.51. The summed E-state index contributed by atoms with van der Waals surface area (Å²) >= 11 is 0. The minimum Gasteiger partial charge on any atom is -0.353 e. The molecule has 0 amide bonds. The van der Waals surface area contributed by atoms with E-state index in [1.807, 2.05) is 25.3 Å². The van der Waals surface area contributed by atoms with Crippen LogP contribution in [0.25, 0.3) is 0 Å². The number of aromatic nitrogens is 3. The molecule has 2 aromatic heterocycles. The Hall–Kier alpha value is -3.15. The monoisotopic (exact) mass is 388 g/mol. The van der Waals surface area contributed by atoms with Crippen LogP contribution in [0.1, 0.15) is 22.5 Å². The molecule has 1 saturated heterocycles. The second-order valence-corrected chi connectivity index (χ2v) is 7.72. The molecule has 1 fully saturated rings. The highest BCUT2D eigenvalue weighted by Gasteiger charge is 2.20. The Morgan fingerprint density at radius 3 is 2.07 bits per heavy atom. The van der Waals surface area contributed by atoms with Crippen molar-refractivity contribution in [3.05, 3.63) is 65.1 Å². The van der Waals surface area contributed by atoms with Crippen LogP contribution in [0, 0.1) is 27.7 Å². The van der Waals surface area contributed by atoms with Crippen LogP contribution in [0.5, 0.6) is 0 Å². The van der Waals surface area contributed by atoms with E-state index < -0.39 is 0 Å². The van der Waals surface area contributed by atoms with Crippen LogP contribution in [0.15, 0.2) is 42.6 Å². The van der Waals surface area contributed by atoms with E-state index in [2.05, 4.69) is 70.1 Å². The van der Waals surface area contributed by atoms with Crippen LogP contribution in [0.2, 0.25) is 0 Å². The molecule has 1 aromatic carbocycles. The SMILES string of the molecule is Cc1cc(C)c(Nc2cc(N3CCN(c4ccccn4)CC3)nc(C)n2)c(C)c1. The van der Waals surface area contributed by atoms with E-state index >= 15 is 0 Å². The van der Waals surface area contributed by atoms with Gasteiger partial charge in [0.15, 0.2) is 0 Å². The molecule has 0 unspecified atom stereocenters. The van der Waals surface area contributed by atoms with E-state index in [0.717, 1.165) is 55.1 Å². The summed E-state index contributed by atoms with van der Waals surface area (Å²) in [6.07, 6.45) is 1.85. The summed E-state index contributed by atoms with van der Waals surface area (Å²) in [5.41, 5.74) is 4.85. The molecule has 0 aliphatic carbocycles. The molecular formula is C23H28N6. The van der Waals surface area contributed by atoms with Crippen LogP contribution < -0.4 is 15.1 Å². The first-order valence-electron chi connectivity index (χ1n) is 10.1. The Labute approximate surface area is 172 Å². The summed E-state index contributed by atoms with van der Waals surface area (Å²) in [5.74, 6) is 3.64. The zero-order valence-corrected chi connectivity index (χ0v) is 17.6. The summed E-state index contributed by atoms with van der Waals surface area (Å²) in [6.45, 7) is 12.0. The van der Waals surface area contributed by atoms with Crippen molar-refractivity contribution < 1.29 is 0 Å². The molecule has 0 bridgehead atoms. The normalized spacial score (nSPS) is 14.2. The molecular weight excluding hydrogens is 360 g/mol. The molecule has 0 radical (unpaired) electrons. The fraction of sp³-hybridized carbons (Fsp3) is 0.348. The molecule has 0 atom stereocenters. The molecule has 3 heterocycles. The minimum absolute atomic E-state index is 0.777. The smallest absolute Gasteiger partial charge is 0.136 e. The third-order valence-electron chi connectivity index (χ3n) is 5.33. The standard InChI is InChI=1S/C23H28N6/c1-16-13-17(2)23(18(3)14-16)27-20-15-22(26-19(4)25-20)29-11-9-28(10-12-29)21-7-5-6-8-24-21/h5-8,13-15H,9-12H2,1-4H3,(H,25,26,27). The van der Waals surface area contributed by atoms with E-state index in [4.69, 9.17) is 4.98 Å². The highest BCUT2D eigenvalue weighted by atomic mass is 15.3. The van der Waals surface area contributed by atoms with E-state index in [-0.39, 0.29) is 0 Å². The van der Waals surface area contributed by atoms with Gasteiger partial charge >= 0.3 is 0 Å². The fourth-order valence-corrected chi connectivity index (χ4v) is 3.99. The first kappa shape index (κ1) is 19.2. The van der Waals surface area contributed by atoms with Gasteiger partial charge in [0.25, 0.3) is 0 Å². The molecule has 3 aromatic rings. The average Bonchev–Trinajstić information content (AvgIpc) is 2.71. The quantitative estimate of drug-likeness (QED) is 0.724. The van der Waals surface area contributed by atoms with Gasteiger partial charge in [0, 0.05) is 44.1 Å². The van der Waals surface area contributed by atoms with Gasteiger partial charge in [0.2, 0.25) is 0 Å². The van der Waals surface area contributed by atoms with E-state index in [1.54, 1.807) is 0 Å². The molecule has 29 heavy (non-hydrogen) atoms. The van der Waals surface area contributed by atoms with Crippen molar-refractivity contribution in [1.82, 2.24) is 15.0 Å². The lowest BCUT2D eigenvalue weighted by atomic mass is 10.1. The lowest BCUT2D eigenvalue weighted by Crippen LogP contribution is -2.47. The topological polar surface area (TPSA) is 57.2 Å². The lowest BCUT2D eigenvalue weighted by molar-refractivity contribution is 0.640. The zero-order valence-electron chi connectivity index (χ0n) is 17.6. The van der Waals surface area contributed by atoms with Crippen molar-refractivity contribution in [3.63, 3.8) is 0 Å². The number of benzene rings is 1. The van der Waals surface area contributed by atoms with Gasteiger partial charge in [0.05, 0.1) is 0 Å². The largest absolute Gasteiger partial charge is 0.353 e. The number of anilines is 4. The highest BCUT2D eigenvalue weighted by molar-refractivity contribution is 5.67. The van der Waals surface area contributed by atoms with E-state index in [0.29, 0.717) is 0 Å². The second-order valence-electron chi connectivity index (χ2n) is 7.72. The Morgan fingerprint density at radius 1 is 0.793 bits per heavy atom. The maximum absolute atomic E-state index is 4.70. The molecule has 4 rings (SSSR count). The molecule has 1 aliphatic heterocycles. The zero-order chi connectivity index (χ0) is 20.4. The number of nitrogens with zero attached hydrogens (tertiary/aromatic N) is 5. The summed E-state index contributed by atoms with van der Waals surface area (Å²) in [7, 11) is 0. The Morgan fingerprint density at radius 2 is 1.45 bits per heavy atom. The first-order chi connectivity index (χ1) is 14.0. The van der Waals surface area contributed by atoms with Gasteiger partial charge in [-0.25, -0.2) is 15.0 Å².